The van der Waals surface area contributed by atoms with Gasteiger partial charge in [0, 0.05) is 45.3 Å². The summed E-state index contributed by atoms with van der Waals surface area (Å²) in [5.74, 6) is 0.530. The van der Waals surface area contributed by atoms with Gasteiger partial charge >= 0.3 is 6.03 Å². The summed E-state index contributed by atoms with van der Waals surface area (Å²) < 4.78 is 27.5. The number of nitrogens with zero attached hydrogens (tertiary/aromatic N) is 3. The third-order valence-corrected chi connectivity index (χ3v) is 8.72. The van der Waals surface area contributed by atoms with Crippen LogP contribution in [0.3, 0.4) is 0 Å². The molecule has 7 nitrogen and oxygen atoms in total. The van der Waals surface area contributed by atoms with E-state index in [1.54, 1.807) is 17.0 Å². The van der Waals surface area contributed by atoms with Gasteiger partial charge in [0.1, 0.15) is 0 Å². The molecule has 0 aromatic heterocycles. The van der Waals surface area contributed by atoms with Crippen LogP contribution in [-0.2, 0) is 15.4 Å². The minimum Gasteiger partial charge on any atom is -0.338 e. The number of urea groups is 1. The summed E-state index contributed by atoms with van der Waals surface area (Å²) in [5, 5.41) is 3.07. The van der Waals surface area contributed by atoms with Crippen molar-refractivity contribution in [3.8, 4) is 0 Å². The summed E-state index contributed by atoms with van der Waals surface area (Å²) in [6, 6.07) is 7.90. The van der Waals surface area contributed by atoms with Crippen LogP contribution < -0.4 is 5.32 Å². The number of carbonyl (C=O) groups is 1. The molecule has 1 saturated carbocycles. The van der Waals surface area contributed by atoms with Gasteiger partial charge in [-0.3, -0.25) is 0 Å². The van der Waals surface area contributed by atoms with Crippen molar-refractivity contribution in [3.63, 3.8) is 0 Å². The molecule has 2 aliphatic heterocycles. The molecule has 1 N–H and O–H groups in total. The Bertz CT molecular complexity index is 882. The summed E-state index contributed by atoms with van der Waals surface area (Å²) in [6.45, 7) is 10.8. The zero-order valence-corrected chi connectivity index (χ0v) is 19.8. The van der Waals surface area contributed by atoms with Crippen LogP contribution in [0.15, 0.2) is 29.2 Å². The number of piperazine rings is 1. The van der Waals surface area contributed by atoms with Gasteiger partial charge in [-0.15, -0.1) is 0 Å². The first-order chi connectivity index (χ1) is 14.6. The lowest BCUT2D eigenvalue weighted by molar-refractivity contribution is 0.171. The van der Waals surface area contributed by atoms with E-state index in [0.29, 0.717) is 43.5 Å². The number of carbonyl (C=O) groups excluding carboxylic acids is 1. The summed E-state index contributed by atoms with van der Waals surface area (Å²) in [5.41, 5.74) is 1.09. The minimum absolute atomic E-state index is 0.0179. The topological polar surface area (TPSA) is 73.0 Å². The van der Waals surface area contributed by atoms with Crippen LogP contribution >= 0.6 is 0 Å². The van der Waals surface area contributed by atoms with Gasteiger partial charge < -0.3 is 15.1 Å². The van der Waals surface area contributed by atoms with E-state index in [1.165, 1.54) is 17.1 Å². The molecule has 1 aromatic rings. The van der Waals surface area contributed by atoms with E-state index in [9.17, 15) is 13.2 Å². The second kappa shape index (κ2) is 8.71. The molecule has 4 rings (SSSR count). The van der Waals surface area contributed by atoms with Gasteiger partial charge in [0.25, 0.3) is 0 Å². The zero-order valence-electron chi connectivity index (χ0n) is 19.0. The van der Waals surface area contributed by atoms with Crippen molar-refractivity contribution in [1.29, 1.82) is 0 Å². The molecule has 31 heavy (non-hydrogen) atoms. The monoisotopic (exact) mass is 448 g/mol. The molecule has 2 amide bonds. The predicted octanol–water partition coefficient (Wildman–Crippen LogP) is 2.48. The van der Waals surface area contributed by atoms with Crippen molar-refractivity contribution in [2.75, 3.05) is 45.8 Å². The molecular formula is C23H36N4O3S. The summed E-state index contributed by atoms with van der Waals surface area (Å²) >= 11 is 0. The number of hydrogen-bond donors (Lipinski definition) is 1. The molecule has 2 saturated heterocycles. The normalized spacial score (nSPS) is 23.8. The Morgan fingerprint density at radius 2 is 1.65 bits per heavy atom. The van der Waals surface area contributed by atoms with Gasteiger partial charge in [0.15, 0.2) is 0 Å². The van der Waals surface area contributed by atoms with Gasteiger partial charge in [-0.2, -0.15) is 4.31 Å². The lowest BCUT2D eigenvalue weighted by Gasteiger charge is -2.34. The highest BCUT2D eigenvalue weighted by atomic mass is 32.2. The van der Waals surface area contributed by atoms with E-state index in [4.69, 9.17) is 0 Å². The molecule has 1 aliphatic carbocycles. The van der Waals surface area contributed by atoms with Crippen molar-refractivity contribution in [1.82, 2.24) is 19.4 Å². The molecule has 172 valence electrons. The maximum atomic E-state index is 13.0. The molecule has 1 atom stereocenters. The van der Waals surface area contributed by atoms with Crippen LogP contribution in [0.4, 0.5) is 4.79 Å². The van der Waals surface area contributed by atoms with Crippen LogP contribution in [-0.4, -0.2) is 80.4 Å². The van der Waals surface area contributed by atoms with E-state index in [2.05, 4.69) is 31.0 Å². The van der Waals surface area contributed by atoms with Crippen molar-refractivity contribution in [2.24, 2.45) is 5.92 Å². The quantitative estimate of drug-likeness (QED) is 0.751. The molecule has 0 bridgehead atoms. The van der Waals surface area contributed by atoms with Crippen LogP contribution in [0.5, 0.6) is 0 Å². The lowest BCUT2D eigenvalue weighted by Crippen LogP contribution is -2.53. The first-order valence-electron chi connectivity index (χ1n) is 11.5. The van der Waals surface area contributed by atoms with Crippen molar-refractivity contribution < 1.29 is 13.2 Å². The minimum atomic E-state index is -3.54. The highest BCUT2D eigenvalue weighted by molar-refractivity contribution is 7.89. The van der Waals surface area contributed by atoms with Gasteiger partial charge in [0.2, 0.25) is 10.0 Å². The number of hydrogen-bond acceptors (Lipinski definition) is 4. The van der Waals surface area contributed by atoms with Crippen LogP contribution in [0.2, 0.25) is 0 Å². The molecule has 0 radical (unpaired) electrons. The average molecular weight is 449 g/mol. The largest absolute Gasteiger partial charge is 0.338 e. The molecule has 3 aliphatic rings. The van der Waals surface area contributed by atoms with E-state index < -0.39 is 10.0 Å². The Kier molecular flexibility index (Phi) is 6.34. The second-order valence-corrected chi connectivity index (χ2v) is 12.2. The first-order valence-corrected chi connectivity index (χ1v) is 13.0. The summed E-state index contributed by atoms with van der Waals surface area (Å²) in [4.78, 5) is 17.2. The van der Waals surface area contributed by atoms with Crippen LogP contribution in [0.1, 0.15) is 45.6 Å². The number of nitrogens with one attached hydrogen (secondary N) is 1. The standard InChI is InChI=1S/C23H36N4O3S/c1-23(2,3)19-4-8-21(9-5-19)31(29,30)27-14-12-25(13-15-27)22(28)24-16-18-10-11-26(17-18)20-6-7-20/h4-5,8-9,18,20H,6-7,10-17H2,1-3H3,(H,24,28). The van der Waals surface area contributed by atoms with E-state index >= 15 is 0 Å². The molecule has 1 unspecified atom stereocenters. The maximum absolute atomic E-state index is 13.0. The number of amides is 2. The average Bonchev–Trinajstić information content (AvgIpc) is 3.49. The van der Waals surface area contributed by atoms with Crippen molar-refractivity contribution in [3.05, 3.63) is 29.8 Å². The fraction of sp³-hybridized carbons (Fsp3) is 0.696. The molecule has 0 spiro atoms. The predicted molar refractivity (Wildman–Crippen MR) is 122 cm³/mol. The molecule has 8 heteroatoms. The van der Waals surface area contributed by atoms with Gasteiger partial charge in [-0.05, 0) is 54.8 Å². The van der Waals surface area contributed by atoms with E-state index in [1.807, 2.05) is 12.1 Å². The Hall–Kier alpha value is -1.64. The molecule has 2 heterocycles. The zero-order chi connectivity index (χ0) is 22.2. The molecular weight excluding hydrogens is 412 g/mol. The smallest absolute Gasteiger partial charge is 0.317 e. The Morgan fingerprint density at radius 1 is 1.00 bits per heavy atom. The van der Waals surface area contributed by atoms with Crippen molar-refractivity contribution in [2.45, 2.75) is 56.4 Å². The number of likely N-dealkylation sites (tertiary alicyclic amines) is 1. The van der Waals surface area contributed by atoms with E-state index in [-0.39, 0.29) is 11.4 Å². The number of rotatable bonds is 5. The fourth-order valence-corrected chi connectivity index (χ4v) is 5.97. The Morgan fingerprint density at radius 3 is 2.23 bits per heavy atom. The number of sulfonamides is 1. The van der Waals surface area contributed by atoms with Gasteiger partial charge in [-0.25, -0.2) is 13.2 Å². The summed E-state index contributed by atoms with van der Waals surface area (Å²) in [7, 11) is -3.54. The van der Waals surface area contributed by atoms with Crippen LogP contribution in [0.25, 0.3) is 0 Å². The Balaban J connectivity index is 1.26. The Labute approximate surface area is 186 Å². The third kappa shape index (κ3) is 5.23. The number of benzene rings is 1. The molecule has 1 aromatic carbocycles. The summed E-state index contributed by atoms with van der Waals surface area (Å²) in [6.07, 6.45) is 3.80. The third-order valence-electron chi connectivity index (χ3n) is 6.81. The first kappa shape index (κ1) is 22.6. The maximum Gasteiger partial charge on any atom is 0.317 e. The van der Waals surface area contributed by atoms with Gasteiger partial charge in [-0.1, -0.05) is 32.9 Å². The van der Waals surface area contributed by atoms with Crippen molar-refractivity contribution >= 4 is 16.1 Å². The van der Waals surface area contributed by atoms with E-state index in [0.717, 1.165) is 31.1 Å². The highest BCUT2D eigenvalue weighted by Crippen LogP contribution is 2.31. The SMILES string of the molecule is CC(C)(C)c1ccc(S(=O)(=O)N2CCN(C(=O)NCC3CCN(C4CC4)C3)CC2)cc1. The second-order valence-electron chi connectivity index (χ2n) is 10.2. The highest BCUT2D eigenvalue weighted by Gasteiger charge is 2.35. The van der Waals surface area contributed by atoms with Crippen LogP contribution in [0, 0.1) is 5.92 Å². The lowest BCUT2D eigenvalue weighted by atomic mass is 9.87. The fourth-order valence-electron chi connectivity index (χ4n) is 4.55. The molecule has 3 fully saturated rings. The van der Waals surface area contributed by atoms with Gasteiger partial charge in [0.05, 0.1) is 4.90 Å².